The average Bonchev–Trinajstić information content (AvgIpc) is 3.24. The van der Waals surface area contributed by atoms with Crippen molar-refractivity contribution in [2.24, 2.45) is 0 Å². The van der Waals surface area contributed by atoms with Crippen molar-refractivity contribution in [3.63, 3.8) is 0 Å². The molecule has 0 aliphatic heterocycles. The molecule has 1 aromatic carbocycles. The Labute approximate surface area is 145 Å². The second-order valence-electron chi connectivity index (χ2n) is 4.99. The number of hydrogen-bond acceptors (Lipinski definition) is 2. The van der Waals surface area contributed by atoms with Crippen LogP contribution in [0.2, 0.25) is 0 Å². The van der Waals surface area contributed by atoms with E-state index in [0.29, 0.717) is 6.42 Å². The van der Waals surface area contributed by atoms with Crippen LogP contribution in [0.5, 0.6) is 0 Å². The van der Waals surface area contributed by atoms with Gasteiger partial charge < -0.3 is 10.2 Å². The summed E-state index contributed by atoms with van der Waals surface area (Å²) in [6.07, 6.45) is 17.8. The van der Waals surface area contributed by atoms with Gasteiger partial charge in [0.15, 0.2) is 0 Å². The molecule has 3 rings (SSSR count). The summed E-state index contributed by atoms with van der Waals surface area (Å²) in [5.74, 6) is 0.763. The summed E-state index contributed by atoms with van der Waals surface area (Å²) in [4.78, 5) is 0. The van der Waals surface area contributed by atoms with E-state index in [1.54, 1.807) is 0 Å². The molecule has 2 saturated carbocycles. The molecule has 0 spiro atoms. The number of benzene rings is 1. The minimum atomic E-state index is -1.18. The largest absolute Gasteiger partial charge is 2.00 e. The van der Waals surface area contributed by atoms with Crippen molar-refractivity contribution >= 4 is 0 Å². The molecule has 2 aliphatic rings. The Bertz CT molecular complexity index is 378. The van der Waals surface area contributed by atoms with Crippen molar-refractivity contribution < 1.29 is 27.3 Å². The fraction of sp³-hybridized carbons (Fsp3) is 0.158. The van der Waals surface area contributed by atoms with E-state index in [1.807, 2.05) is 88.1 Å². The van der Waals surface area contributed by atoms with Gasteiger partial charge in [-0.25, -0.2) is 0 Å². The molecule has 0 saturated heterocycles. The molecule has 22 heavy (non-hydrogen) atoms. The second kappa shape index (κ2) is 10.4. The van der Waals surface area contributed by atoms with Crippen molar-refractivity contribution in [1.82, 2.24) is 0 Å². The Kier molecular flexibility index (Phi) is 9.35. The molecule has 2 N–H and O–H groups in total. The van der Waals surface area contributed by atoms with E-state index < -0.39 is 5.60 Å². The van der Waals surface area contributed by atoms with E-state index in [1.165, 1.54) is 0 Å². The number of aliphatic hydroxyl groups is 2. The van der Waals surface area contributed by atoms with Crippen molar-refractivity contribution in [3.05, 3.63) is 99.6 Å². The van der Waals surface area contributed by atoms with E-state index >= 15 is 0 Å². The van der Waals surface area contributed by atoms with Gasteiger partial charge in [0, 0.05) is 12.3 Å². The van der Waals surface area contributed by atoms with E-state index in [4.69, 9.17) is 0 Å². The maximum atomic E-state index is 10.4. The molecule has 1 aromatic rings. The van der Waals surface area contributed by atoms with Gasteiger partial charge >= 0.3 is 17.1 Å². The number of rotatable bonds is 4. The van der Waals surface area contributed by atoms with Crippen LogP contribution in [-0.4, -0.2) is 22.4 Å². The zero-order valence-corrected chi connectivity index (χ0v) is 13.3. The van der Waals surface area contributed by atoms with E-state index in [0.717, 1.165) is 11.5 Å². The zero-order chi connectivity index (χ0) is 15.0. The zero-order valence-electron chi connectivity index (χ0n) is 12.2. The molecule has 2 aliphatic carbocycles. The summed E-state index contributed by atoms with van der Waals surface area (Å²) >= 11 is 0. The molecule has 2 fully saturated rings. The minimum Gasteiger partial charge on any atom is -0.393 e. The molecule has 0 amide bonds. The van der Waals surface area contributed by atoms with Gasteiger partial charge in [-0.2, -0.15) is 0 Å². The molecule has 2 nitrogen and oxygen atoms in total. The van der Waals surface area contributed by atoms with Crippen molar-refractivity contribution in [1.29, 1.82) is 0 Å². The van der Waals surface area contributed by atoms with Gasteiger partial charge in [0.1, 0.15) is 0 Å². The van der Waals surface area contributed by atoms with Crippen LogP contribution < -0.4 is 0 Å². The Morgan fingerprint density at radius 1 is 0.773 bits per heavy atom. The van der Waals surface area contributed by atoms with Crippen LogP contribution in [0.1, 0.15) is 5.56 Å². The summed E-state index contributed by atoms with van der Waals surface area (Å²) in [6, 6.07) is 9.69. The van der Waals surface area contributed by atoms with Crippen molar-refractivity contribution in [2.75, 3.05) is 6.61 Å². The Morgan fingerprint density at radius 3 is 1.73 bits per heavy atom. The van der Waals surface area contributed by atoms with Gasteiger partial charge in [-0.1, -0.05) is 30.3 Å². The van der Waals surface area contributed by atoms with Gasteiger partial charge in [-0.05, 0) is 63.4 Å². The molecule has 0 unspecified atom stereocenters. The normalized spacial score (nSPS) is 20.6. The molecule has 0 bridgehead atoms. The summed E-state index contributed by atoms with van der Waals surface area (Å²) in [6.45, 7) is -0.272. The van der Waals surface area contributed by atoms with Crippen molar-refractivity contribution in [2.45, 2.75) is 12.0 Å². The first-order valence-electron chi connectivity index (χ1n) is 7.01. The van der Waals surface area contributed by atoms with Crippen LogP contribution in [0, 0.1) is 63.7 Å². The standard InChI is InChI=1S/C14H15O2.C5H5.Fe/c15-11-14(16,13-8-4-5-9-13)10-12-6-2-1-3-7-12;1-2-4-5-3-1;/h1-9,15-16H,10-11H2;1-5H;/q;;+2/t14-;;/m1../s1. The van der Waals surface area contributed by atoms with E-state index in [-0.39, 0.29) is 23.7 Å². The summed E-state index contributed by atoms with van der Waals surface area (Å²) in [5, 5.41) is 19.8. The third-order valence-corrected chi connectivity index (χ3v) is 3.36. The molecule has 1 atom stereocenters. The summed E-state index contributed by atoms with van der Waals surface area (Å²) in [7, 11) is 0. The van der Waals surface area contributed by atoms with Gasteiger partial charge in [-0.3, -0.25) is 0 Å². The minimum absolute atomic E-state index is 0. The molecular weight excluding hydrogens is 316 g/mol. The summed E-state index contributed by atoms with van der Waals surface area (Å²) < 4.78 is 0. The number of hydrogen-bond donors (Lipinski definition) is 2. The second-order valence-corrected chi connectivity index (χ2v) is 4.99. The smallest absolute Gasteiger partial charge is 0.393 e. The first-order valence-corrected chi connectivity index (χ1v) is 7.01. The fourth-order valence-electron chi connectivity index (χ4n) is 2.19. The number of aliphatic hydroxyl groups excluding tert-OH is 1. The fourth-order valence-corrected chi connectivity index (χ4v) is 2.19. The van der Waals surface area contributed by atoms with Gasteiger partial charge in [0.05, 0.1) is 12.2 Å². The Balaban J connectivity index is 0.000000344. The van der Waals surface area contributed by atoms with Crippen LogP contribution in [0.3, 0.4) is 0 Å². The predicted octanol–water partition coefficient (Wildman–Crippen LogP) is 2.38. The molecule has 3 heteroatoms. The molecule has 0 heterocycles. The van der Waals surface area contributed by atoms with E-state index in [2.05, 4.69) is 0 Å². The van der Waals surface area contributed by atoms with Crippen LogP contribution in [0.25, 0.3) is 0 Å². The van der Waals surface area contributed by atoms with Crippen LogP contribution in [-0.2, 0) is 23.5 Å². The molecule has 0 aromatic heterocycles. The van der Waals surface area contributed by atoms with Gasteiger partial charge in [0.2, 0.25) is 0 Å². The Hall–Kier alpha value is -0.341. The van der Waals surface area contributed by atoms with Gasteiger partial charge in [0.25, 0.3) is 0 Å². The SMILES string of the molecule is OC[C@](O)(Cc1ccccc1)[C]1[CH][CH][CH][CH]1.[CH]1[CH][CH][CH][CH]1.[Fe+2]. The topological polar surface area (TPSA) is 40.5 Å². The maximum Gasteiger partial charge on any atom is 2.00 e. The quantitative estimate of drug-likeness (QED) is 0.829. The van der Waals surface area contributed by atoms with Crippen LogP contribution in [0.15, 0.2) is 30.3 Å². The van der Waals surface area contributed by atoms with Gasteiger partial charge in [-0.15, -0.1) is 0 Å². The molecular formula is C19H20FeO2+2. The molecule has 10 radical (unpaired) electrons. The maximum absolute atomic E-state index is 10.4. The molecule has 114 valence electrons. The monoisotopic (exact) mass is 336 g/mol. The predicted molar refractivity (Wildman–Crippen MR) is 84.1 cm³/mol. The van der Waals surface area contributed by atoms with Crippen molar-refractivity contribution in [3.8, 4) is 0 Å². The third-order valence-electron chi connectivity index (χ3n) is 3.36. The van der Waals surface area contributed by atoms with Crippen LogP contribution in [0.4, 0.5) is 0 Å². The summed E-state index contributed by atoms with van der Waals surface area (Å²) in [5.41, 5.74) is -0.162. The first-order chi connectivity index (χ1) is 10.2. The van der Waals surface area contributed by atoms with Crippen LogP contribution >= 0.6 is 0 Å². The Morgan fingerprint density at radius 2 is 1.27 bits per heavy atom. The van der Waals surface area contributed by atoms with E-state index in [9.17, 15) is 10.2 Å². The average molecular weight is 336 g/mol. The third kappa shape index (κ3) is 6.04. The first kappa shape index (κ1) is 19.7.